The quantitative estimate of drug-likeness (QED) is 0.0169. The molecule has 0 aliphatic heterocycles. The normalized spacial score (nSPS) is 14.4. The highest BCUT2D eigenvalue weighted by atomic mass is 31.2. The van der Waals surface area contributed by atoms with Crippen molar-refractivity contribution >= 4 is 39.5 Å². The summed E-state index contributed by atoms with van der Waals surface area (Å²) < 4.78 is 68.5. The van der Waals surface area contributed by atoms with Crippen molar-refractivity contribution in [3.63, 3.8) is 0 Å². The van der Waals surface area contributed by atoms with Crippen molar-refractivity contribution in [2.24, 2.45) is 0 Å². The molecule has 100 heavy (non-hydrogen) atoms. The Labute approximate surface area is 607 Å². The monoisotopic (exact) mass is 1450 g/mol. The predicted molar refractivity (Wildman–Crippen MR) is 409 cm³/mol. The molecule has 578 valence electrons. The van der Waals surface area contributed by atoms with E-state index in [1.807, 2.05) is 0 Å². The molecule has 0 aromatic rings. The first-order valence-corrected chi connectivity index (χ1v) is 42.5. The smallest absolute Gasteiger partial charge is 0.462 e. The van der Waals surface area contributed by atoms with Crippen LogP contribution in [0.15, 0.2) is 97.2 Å². The molecule has 3 N–H and O–H groups in total. The van der Waals surface area contributed by atoms with Crippen LogP contribution in [-0.4, -0.2) is 96.7 Å². The zero-order valence-corrected chi connectivity index (χ0v) is 64.9. The van der Waals surface area contributed by atoms with Crippen LogP contribution in [-0.2, 0) is 65.4 Å². The zero-order valence-electron chi connectivity index (χ0n) is 63.1. The first-order valence-electron chi connectivity index (χ1n) is 39.5. The van der Waals surface area contributed by atoms with Gasteiger partial charge in [-0.05, 0) is 128 Å². The second kappa shape index (κ2) is 73.3. The number of carbonyl (C=O) groups excluding carboxylic acids is 4. The van der Waals surface area contributed by atoms with E-state index in [0.29, 0.717) is 25.7 Å². The first-order chi connectivity index (χ1) is 48.7. The summed E-state index contributed by atoms with van der Waals surface area (Å²) in [4.78, 5) is 72.9. The number of aliphatic hydroxyl groups excluding tert-OH is 1. The second-order valence-corrected chi connectivity index (χ2v) is 29.2. The van der Waals surface area contributed by atoms with Crippen LogP contribution in [0.4, 0.5) is 0 Å². The van der Waals surface area contributed by atoms with E-state index in [1.54, 1.807) is 0 Å². The average Bonchev–Trinajstić information content (AvgIpc) is 0.966. The number of rotatable bonds is 74. The lowest BCUT2D eigenvalue weighted by molar-refractivity contribution is -0.161. The number of phosphoric ester groups is 2. The van der Waals surface area contributed by atoms with Crippen molar-refractivity contribution < 1.29 is 80.2 Å². The van der Waals surface area contributed by atoms with Gasteiger partial charge in [0.1, 0.15) is 19.3 Å². The predicted octanol–water partition coefficient (Wildman–Crippen LogP) is 22.8. The molecule has 0 radical (unpaired) electrons. The zero-order chi connectivity index (χ0) is 73.2. The van der Waals surface area contributed by atoms with Crippen LogP contribution in [0.5, 0.6) is 0 Å². The van der Waals surface area contributed by atoms with Crippen molar-refractivity contribution in [2.45, 2.75) is 354 Å². The third-order valence-electron chi connectivity index (χ3n) is 16.5. The molecule has 0 aromatic heterocycles. The van der Waals surface area contributed by atoms with Crippen molar-refractivity contribution in [2.75, 3.05) is 39.6 Å². The number of aliphatic hydroxyl groups is 1. The molecule has 0 aliphatic rings. The summed E-state index contributed by atoms with van der Waals surface area (Å²) in [6.07, 6.45) is 76.8. The lowest BCUT2D eigenvalue weighted by Crippen LogP contribution is -2.30. The summed E-state index contributed by atoms with van der Waals surface area (Å²) in [6.45, 7) is 4.68. The fourth-order valence-electron chi connectivity index (χ4n) is 10.5. The molecule has 0 amide bonds. The van der Waals surface area contributed by atoms with E-state index in [9.17, 15) is 43.2 Å². The molecule has 0 bridgehead atoms. The van der Waals surface area contributed by atoms with Crippen LogP contribution in [0, 0.1) is 0 Å². The minimum Gasteiger partial charge on any atom is -0.462 e. The number of carbonyl (C=O) groups is 4. The van der Waals surface area contributed by atoms with Crippen molar-refractivity contribution in [3.05, 3.63) is 97.2 Å². The van der Waals surface area contributed by atoms with E-state index >= 15 is 0 Å². The number of hydrogen-bond acceptors (Lipinski definition) is 15. The van der Waals surface area contributed by atoms with E-state index in [0.717, 1.165) is 161 Å². The molecule has 0 saturated carbocycles. The summed E-state index contributed by atoms with van der Waals surface area (Å²) in [5.74, 6) is -2.23. The van der Waals surface area contributed by atoms with E-state index in [1.165, 1.54) is 96.3 Å². The largest absolute Gasteiger partial charge is 0.472 e. The topological polar surface area (TPSA) is 237 Å². The highest BCUT2D eigenvalue weighted by molar-refractivity contribution is 7.47. The van der Waals surface area contributed by atoms with Gasteiger partial charge in [-0.2, -0.15) is 0 Å². The maximum atomic E-state index is 13.1. The highest BCUT2D eigenvalue weighted by Crippen LogP contribution is 2.45. The number of allylic oxidation sites excluding steroid dienone is 16. The first kappa shape index (κ1) is 96.0. The SMILES string of the molecule is CC/C=C\C/C=C\C/C=C\C/C=C\CCCCC(=O)OCC(COP(=O)(O)OCC(O)COP(=O)(O)OCC(COC(=O)CCCCCCCC/C=C\C/C=C\C/C=C\CCCCC)OC(=O)CCCCCCCCCCCCC)OC(=O)CCCCCCC/C=C\CCCCCCCC. The minimum absolute atomic E-state index is 0.0765. The van der Waals surface area contributed by atoms with Gasteiger partial charge in [0, 0.05) is 25.7 Å². The van der Waals surface area contributed by atoms with Crippen molar-refractivity contribution in [1.29, 1.82) is 0 Å². The van der Waals surface area contributed by atoms with Gasteiger partial charge in [-0.1, -0.05) is 279 Å². The van der Waals surface area contributed by atoms with E-state index < -0.39 is 97.5 Å². The van der Waals surface area contributed by atoms with Crippen LogP contribution >= 0.6 is 15.6 Å². The number of esters is 4. The van der Waals surface area contributed by atoms with Gasteiger partial charge in [0.2, 0.25) is 0 Å². The number of ether oxygens (including phenoxy) is 4. The molecule has 5 atom stereocenters. The maximum Gasteiger partial charge on any atom is 0.472 e. The van der Waals surface area contributed by atoms with Gasteiger partial charge < -0.3 is 33.8 Å². The summed E-state index contributed by atoms with van der Waals surface area (Å²) >= 11 is 0. The molecule has 0 spiro atoms. The fourth-order valence-corrected chi connectivity index (χ4v) is 12.1. The Bertz CT molecular complexity index is 2270. The standard InChI is InChI=1S/C81H142O17P2/c1-5-9-13-17-21-25-29-32-35-36-37-38-41-43-47-50-54-58-62-66-79(84)91-71-76(97-80(85)67-63-59-55-51-45-28-24-20-16-12-8-4)73-95-99(87,88)93-69-75(82)70-94-100(89,90)96-74-77(98-81(86)68-64-60-56-52-48-44-40-34-31-27-23-19-15-11-7-3)72-92-78(83)65-61-57-53-49-46-42-39-33-30-26-22-18-14-10-6-2/h10,14,21-22,25-26,32-35,37-40,46,49,75-77,82H,5-9,11-13,15-20,23-24,27-31,36,41-45,47-48,50-74H2,1-4H3,(H,87,88)(H,89,90)/b14-10-,25-21-,26-22-,35-32-,38-37-,39-33-,40-34-,49-46-. The van der Waals surface area contributed by atoms with Gasteiger partial charge in [0.15, 0.2) is 12.2 Å². The van der Waals surface area contributed by atoms with Crippen molar-refractivity contribution in [1.82, 2.24) is 0 Å². The molecule has 0 heterocycles. The summed E-state index contributed by atoms with van der Waals surface area (Å²) in [7, 11) is -9.96. The Morgan fingerprint density at radius 1 is 0.290 bits per heavy atom. The minimum atomic E-state index is -4.98. The molecule has 0 aliphatic carbocycles. The van der Waals surface area contributed by atoms with E-state index in [-0.39, 0.29) is 25.7 Å². The number of hydrogen-bond donors (Lipinski definition) is 3. The van der Waals surface area contributed by atoms with Crippen LogP contribution in [0.2, 0.25) is 0 Å². The molecule has 17 nitrogen and oxygen atoms in total. The molecular weight excluding hydrogens is 1310 g/mol. The Balaban J connectivity index is 5.34. The third kappa shape index (κ3) is 72.3. The summed E-state index contributed by atoms with van der Waals surface area (Å²) in [5.41, 5.74) is 0. The Morgan fingerprint density at radius 3 is 0.850 bits per heavy atom. The second-order valence-electron chi connectivity index (χ2n) is 26.3. The number of phosphoric acid groups is 2. The van der Waals surface area contributed by atoms with Crippen LogP contribution in [0.3, 0.4) is 0 Å². The lowest BCUT2D eigenvalue weighted by Gasteiger charge is -2.21. The molecule has 0 fully saturated rings. The van der Waals surface area contributed by atoms with Gasteiger partial charge >= 0.3 is 39.5 Å². The lowest BCUT2D eigenvalue weighted by atomic mass is 10.1. The van der Waals surface area contributed by atoms with Crippen LogP contribution in [0.1, 0.15) is 336 Å². The Kier molecular flexibility index (Phi) is 70.4. The molecular formula is C81H142O17P2. The van der Waals surface area contributed by atoms with Gasteiger partial charge in [-0.15, -0.1) is 0 Å². The van der Waals surface area contributed by atoms with Gasteiger partial charge in [0.05, 0.1) is 26.4 Å². The molecule has 0 rings (SSSR count). The highest BCUT2D eigenvalue weighted by Gasteiger charge is 2.30. The van der Waals surface area contributed by atoms with E-state index in [4.69, 9.17) is 37.0 Å². The summed E-state index contributed by atoms with van der Waals surface area (Å²) in [6, 6.07) is 0. The van der Waals surface area contributed by atoms with Crippen molar-refractivity contribution in [3.8, 4) is 0 Å². The fraction of sp³-hybridized carbons (Fsp3) is 0.753. The molecule has 5 unspecified atom stereocenters. The Hall–Kier alpha value is -4.02. The maximum absolute atomic E-state index is 13.1. The van der Waals surface area contributed by atoms with Crippen LogP contribution < -0.4 is 0 Å². The Morgan fingerprint density at radius 2 is 0.520 bits per heavy atom. The van der Waals surface area contributed by atoms with Gasteiger partial charge in [-0.3, -0.25) is 37.3 Å². The molecule has 0 aromatic carbocycles. The third-order valence-corrected chi connectivity index (χ3v) is 18.4. The summed E-state index contributed by atoms with van der Waals surface area (Å²) in [5, 5.41) is 10.6. The van der Waals surface area contributed by atoms with E-state index in [2.05, 4.69) is 125 Å². The van der Waals surface area contributed by atoms with Gasteiger partial charge in [0.25, 0.3) is 0 Å². The molecule has 19 heteroatoms. The van der Waals surface area contributed by atoms with Gasteiger partial charge in [-0.25, -0.2) is 9.13 Å². The number of unbranched alkanes of at least 4 members (excludes halogenated alkanes) is 32. The average molecular weight is 1450 g/mol. The molecule has 0 saturated heterocycles. The van der Waals surface area contributed by atoms with Crippen LogP contribution in [0.25, 0.3) is 0 Å².